The lowest BCUT2D eigenvalue weighted by Gasteiger charge is -2.35. The fraction of sp³-hybridized carbons (Fsp3) is 0.294. The highest BCUT2D eigenvalue weighted by atomic mass is 16.3. The van der Waals surface area contributed by atoms with Gasteiger partial charge in [0.05, 0.1) is 13.7 Å². The molecule has 0 aromatic heterocycles. The zero-order valence-corrected chi connectivity index (χ0v) is 10.1. The third-order valence-corrected chi connectivity index (χ3v) is 3.33. The molecule has 2 heteroatoms. The lowest BCUT2D eigenvalue weighted by Crippen LogP contribution is -2.46. The third kappa shape index (κ3) is 2.18. The molecule has 0 saturated carbocycles. The van der Waals surface area contributed by atoms with Crippen LogP contribution in [0.25, 0.3) is 0 Å². The first-order valence-corrected chi connectivity index (χ1v) is 6.06. The maximum atomic E-state index is 11.9. The minimum Gasteiger partial charge on any atom is -0.379 e. The van der Waals surface area contributed by atoms with Gasteiger partial charge in [-0.25, -0.2) is 0 Å². The van der Waals surface area contributed by atoms with Gasteiger partial charge in [-0.05, 0) is 30.5 Å². The van der Waals surface area contributed by atoms with Gasteiger partial charge in [0.25, 0.3) is 0 Å². The van der Waals surface area contributed by atoms with E-state index in [2.05, 4.69) is 5.32 Å². The molecule has 1 atom stereocenters. The molecule has 1 heterocycles. The molecule has 1 saturated heterocycles. The first-order valence-electron chi connectivity index (χ1n) is 11.1. The Morgan fingerprint density at radius 1 is 1.00 bits per heavy atom. The van der Waals surface area contributed by atoms with Crippen LogP contribution < -0.4 is 5.32 Å². The van der Waals surface area contributed by atoms with Crippen molar-refractivity contribution in [3.05, 3.63) is 71.6 Å². The number of benzene rings is 2. The molecule has 0 amide bonds. The molecule has 0 bridgehead atoms. The summed E-state index contributed by atoms with van der Waals surface area (Å²) in [4.78, 5) is 0. The van der Waals surface area contributed by atoms with E-state index >= 15 is 0 Å². The van der Waals surface area contributed by atoms with Crippen molar-refractivity contribution < 1.29 is 18.8 Å². The van der Waals surface area contributed by atoms with Crippen molar-refractivity contribution in [2.24, 2.45) is 0 Å². The largest absolute Gasteiger partial charge is 0.379 e. The Morgan fingerprint density at radius 2 is 1.53 bits per heavy atom. The SMILES string of the molecule is [2H]c1c([2H])c([2H])c(C(O)(c2c([2H])c([2H])c([2H])c([2H])c2[2H])[C@@H]2CCCN2)c([2H])c1[2H]. The van der Waals surface area contributed by atoms with Gasteiger partial charge in [0.15, 0.2) is 0 Å². The summed E-state index contributed by atoms with van der Waals surface area (Å²) in [6, 6.07) is -7.63. The molecule has 0 unspecified atom stereocenters. The van der Waals surface area contributed by atoms with Crippen molar-refractivity contribution in [1.82, 2.24) is 5.32 Å². The predicted molar refractivity (Wildman–Crippen MR) is 76.9 cm³/mol. The fourth-order valence-corrected chi connectivity index (χ4v) is 2.40. The maximum Gasteiger partial charge on any atom is 0.130 e. The van der Waals surface area contributed by atoms with Crippen molar-refractivity contribution in [2.45, 2.75) is 24.5 Å². The van der Waals surface area contributed by atoms with E-state index in [0.29, 0.717) is 19.4 Å². The van der Waals surface area contributed by atoms with E-state index in [9.17, 15) is 5.11 Å². The molecule has 0 radical (unpaired) electrons. The van der Waals surface area contributed by atoms with Gasteiger partial charge in [-0.1, -0.05) is 60.4 Å². The quantitative estimate of drug-likeness (QED) is 0.892. The second kappa shape index (κ2) is 5.16. The highest BCUT2D eigenvalue weighted by molar-refractivity contribution is 5.38. The monoisotopic (exact) mass is 263 g/mol. The van der Waals surface area contributed by atoms with Gasteiger partial charge in [-0.2, -0.15) is 0 Å². The number of nitrogens with one attached hydrogen (secondary N) is 1. The molecule has 0 spiro atoms. The zero-order valence-electron chi connectivity index (χ0n) is 20.1. The second-order valence-electron chi connectivity index (χ2n) is 4.42. The van der Waals surface area contributed by atoms with Gasteiger partial charge >= 0.3 is 0 Å². The fourth-order valence-electron chi connectivity index (χ4n) is 2.40. The van der Waals surface area contributed by atoms with Gasteiger partial charge in [0, 0.05) is 6.04 Å². The first-order chi connectivity index (χ1) is 13.5. The van der Waals surface area contributed by atoms with E-state index < -0.39 is 83.2 Å². The summed E-state index contributed by atoms with van der Waals surface area (Å²) in [7, 11) is 0. The summed E-state index contributed by atoms with van der Waals surface area (Å²) in [5.74, 6) is 0. The van der Waals surface area contributed by atoms with E-state index in [1.54, 1.807) is 0 Å². The van der Waals surface area contributed by atoms with Crippen LogP contribution in [-0.4, -0.2) is 17.7 Å². The Balaban J connectivity index is 2.50. The standard InChI is InChI=1S/C17H19NO/c19-17(16-12-7-13-18-16,14-8-3-1-4-9-14)15-10-5-2-6-11-15/h1-6,8-11,16,18-19H,7,12-13H2/t16-/m0/s1/i1D,2D,3D,4D,5D,6D,8D,9D,10D,11D. The molecule has 2 nitrogen and oxygen atoms in total. The average molecular weight is 263 g/mol. The summed E-state index contributed by atoms with van der Waals surface area (Å²) in [5, 5.41) is 14.8. The van der Waals surface area contributed by atoms with E-state index in [1.807, 2.05) is 0 Å². The molecular formula is C17H19NO. The molecule has 1 aliphatic rings. The Kier molecular flexibility index (Phi) is 1.46. The Labute approximate surface area is 128 Å². The van der Waals surface area contributed by atoms with Crippen molar-refractivity contribution >= 4 is 0 Å². The Morgan fingerprint density at radius 3 is 1.95 bits per heavy atom. The summed E-state index contributed by atoms with van der Waals surface area (Å²) in [5.41, 5.74) is -3.46. The molecular weight excluding hydrogens is 234 g/mol. The molecule has 1 aliphatic heterocycles. The van der Waals surface area contributed by atoms with Crippen LogP contribution in [0.3, 0.4) is 0 Å². The zero-order chi connectivity index (χ0) is 21.8. The highest BCUT2D eigenvalue weighted by Crippen LogP contribution is 2.36. The van der Waals surface area contributed by atoms with Gasteiger partial charge in [-0.3, -0.25) is 0 Å². The lowest BCUT2D eigenvalue weighted by molar-refractivity contribution is 0.0442. The van der Waals surface area contributed by atoms with Gasteiger partial charge < -0.3 is 10.4 Å². The van der Waals surface area contributed by atoms with Gasteiger partial charge in [-0.15, -0.1) is 0 Å². The summed E-state index contributed by atoms with van der Waals surface area (Å²) in [6.45, 7) is 0.463. The van der Waals surface area contributed by atoms with Crippen molar-refractivity contribution in [3.63, 3.8) is 0 Å². The van der Waals surface area contributed by atoms with Crippen LogP contribution in [0.1, 0.15) is 37.7 Å². The number of aliphatic hydroxyl groups is 1. The molecule has 0 aliphatic carbocycles. The lowest BCUT2D eigenvalue weighted by atomic mass is 9.79. The molecule has 98 valence electrons. The molecule has 2 aromatic rings. The van der Waals surface area contributed by atoms with Gasteiger partial charge in [0.1, 0.15) is 5.60 Å². The van der Waals surface area contributed by atoms with E-state index in [1.165, 1.54) is 0 Å². The molecule has 3 rings (SSSR count). The first kappa shape index (κ1) is 5.39. The summed E-state index contributed by atoms with van der Waals surface area (Å²) < 4.78 is 80.4. The minimum absolute atomic E-state index is 0.320. The molecule has 1 fully saturated rings. The summed E-state index contributed by atoms with van der Waals surface area (Å²) >= 11 is 0. The normalized spacial score (nSPS) is 26.9. The van der Waals surface area contributed by atoms with Crippen LogP contribution in [-0.2, 0) is 5.60 Å². The Bertz CT molecular complexity index is 875. The van der Waals surface area contributed by atoms with Crippen LogP contribution in [0.2, 0.25) is 0 Å². The molecule has 2 N–H and O–H groups in total. The maximum absolute atomic E-state index is 11.9. The number of hydrogen-bond acceptors (Lipinski definition) is 2. The second-order valence-corrected chi connectivity index (χ2v) is 4.42. The van der Waals surface area contributed by atoms with Crippen molar-refractivity contribution in [2.75, 3.05) is 6.54 Å². The Hall–Kier alpha value is -1.64. The topological polar surface area (TPSA) is 32.3 Å². The van der Waals surface area contributed by atoms with Crippen LogP contribution >= 0.6 is 0 Å². The average Bonchev–Trinajstić information content (AvgIpc) is 3.23. The van der Waals surface area contributed by atoms with Crippen molar-refractivity contribution in [3.8, 4) is 0 Å². The highest BCUT2D eigenvalue weighted by Gasteiger charge is 2.41. The number of rotatable bonds is 3. The third-order valence-electron chi connectivity index (χ3n) is 3.33. The summed E-state index contributed by atoms with van der Waals surface area (Å²) in [6.07, 6.45) is 0.922. The minimum atomic E-state index is -2.43. The predicted octanol–water partition coefficient (Wildman–Crippen LogP) is 2.67. The molecule has 19 heavy (non-hydrogen) atoms. The van der Waals surface area contributed by atoms with Crippen LogP contribution in [0, 0.1) is 0 Å². The van der Waals surface area contributed by atoms with E-state index in [4.69, 9.17) is 13.7 Å². The van der Waals surface area contributed by atoms with Crippen LogP contribution in [0.4, 0.5) is 0 Å². The number of hydrogen-bond donors (Lipinski definition) is 2. The smallest absolute Gasteiger partial charge is 0.130 e. The van der Waals surface area contributed by atoms with E-state index in [0.717, 1.165) is 0 Å². The molecule has 2 aromatic carbocycles. The van der Waals surface area contributed by atoms with Crippen molar-refractivity contribution in [1.29, 1.82) is 0 Å². The van der Waals surface area contributed by atoms with Gasteiger partial charge in [0.2, 0.25) is 0 Å². The van der Waals surface area contributed by atoms with E-state index in [-0.39, 0.29) is 0 Å². The van der Waals surface area contributed by atoms with Crippen LogP contribution in [0.5, 0.6) is 0 Å². The van der Waals surface area contributed by atoms with Crippen LogP contribution in [0.15, 0.2) is 60.4 Å².